The molecule has 1 amide bonds. The van der Waals surface area contributed by atoms with Crippen LogP contribution in [0.4, 0.5) is 0 Å². The van der Waals surface area contributed by atoms with Crippen LogP contribution >= 0.6 is 0 Å². The molecule has 0 aromatic heterocycles. The predicted molar refractivity (Wildman–Crippen MR) is 221 cm³/mol. The topological polar surface area (TPSA) is 131 Å². The van der Waals surface area contributed by atoms with Crippen LogP contribution in [-0.2, 0) is 23.5 Å². The van der Waals surface area contributed by atoms with E-state index in [2.05, 4.69) is 46.1 Å². The smallest absolute Gasteiger partial charge is 0.337 e. The monoisotopic (exact) mass is 789 g/mol. The summed E-state index contributed by atoms with van der Waals surface area (Å²) in [5.41, 5.74) is -0.901. The van der Waals surface area contributed by atoms with Crippen molar-refractivity contribution in [2.75, 3.05) is 6.61 Å². The Bertz CT molecular complexity index is 1790. The van der Waals surface area contributed by atoms with Crippen LogP contribution in [0.15, 0.2) is 71.8 Å². The van der Waals surface area contributed by atoms with E-state index in [0.29, 0.717) is 29.7 Å². The lowest BCUT2D eigenvalue weighted by Crippen LogP contribution is -2.68. The zero-order valence-corrected chi connectivity index (χ0v) is 36.9. The van der Waals surface area contributed by atoms with Crippen molar-refractivity contribution in [3.8, 4) is 0 Å². The van der Waals surface area contributed by atoms with Crippen molar-refractivity contribution in [3.63, 3.8) is 0 Å². The molecule has 3 N–H and O–H groups in total. The van der Waals surface area contributed by atoms with Gasteiger partial charge < -0.3 is 29.4 Å². The zero-order chi connectivity index (χ0) is 41.8. The normalized spacial score (nSPS) is 33.1. The minimum atomic E-state index is -2.70. The molecule has 2 fully saturated rings. The number of amides is 1. The summed E-state index contributed by atoms with van der Waals surface area (Å²) in [6.07, 6.45) is -2.95. The number of carbonyl (C=O) groups excluding carboxylic acids is 3. The molecule has 3 aliphatic rings. The van der Waals surface area contributed by atoms with Crippen LogP contribution in [0.5, 0.6) is 0 Å². The molecule has 0 spiro atoms. The van der Waals surface area contributed by atoms with Gasteiger partial charge in [0.15, 0.2) is 14.4 Å². The third kappa shape index (κ3) is 7.49. The number of hydrogen-bond acceptors (Lipinski definition) is 8. The molecular weight excluding hydrogens is 723 g/mol. The maximum absolute atomic E-state index is 15.1. The number of rotatable bonds is 10. The van der Waals surface area contributed by atoms with E-state index in [4.69, 9.17) is 13.9 Å². The minimum absolute atomic E-state index is 0.0768. The Hall–Kier alpha value is -3.15. The molecule has 10 heteroatoms. The fourth-order valence-electron chi connectivity index (χ4n) is 10.4. The fourth-order valence-corrected chi connectivity index (χ4v) is 11.7. The number of aliphatic hydroxyl groups excluding tert-OH is 1. The number of hydrogen-bond donors (Lipinski definition) is 3. The molecule has 0 saturated heterocycles. The molecule has 2 aromatic carbocycles. The first kappa shape index (κ1) is 44.0. The van der Waals surface area contributed by atoms with E-state index in [-0.39, 0.29) is 35.2 Å². The lowest BCUT2D eigenvalue weighted by Gasteiger charge is -2.63. The van der Waals surface area contributed by atoms with E-state index in [1.165, 1.54) is 0 Å². The summed E-state index contributed by atoms with van der Waals surface area (Å²) in [5, 5.41) is 27.9. The average molecular weight is 790 g/mol. The van der Waals surface area contributed by atoms with Gasteiger partial charge >= 0.3 is 5.97 Å². The van der Waals surface area contributed by atoms with Crippen LogP contribution in [0.1, 0.15) is 111 Å². The number of nitrogens with one attached hydrogen (secondary N) is 1. The van der Waals surface area contributed by atoms with Gasteiger partial charge in [0, 0.05) is 36.3 Å². The highest BCUT2D eigenvalue weighted by atomic mass is 28.4. The first-order chi connectivity index (χ1) is 26.0. The fraction of sp³-hybridized carbons (Fsp3) is 0.630. The Kier molecular flexibility index (Phi) is 12.5. The molecule has 3 aliphatic carbocycles. The van der Waals surface area contributed by atoms with Gasteiger partial charge in [0.2, 0.25) is 0 Å². The highest BCUT2D eigenvalue weighted by Gasteiger charge is 2.67. The molecule has 2 saturated carbocycles. The van der Waals surface area contributed by atoms with Gasteiger partial charge in [0.1, 0.15) is 11.9 Å². The first-order valence-corrected chi connectivity index (χ1v) is 23.4. The molecule has 0 unspecified atom stereocenters. The van der Waals surface area contributed by atoms with E-state index >= 15 is 4.79 Å². The summed E-state index contributed by atoms with van der Waals surface area (Å²) < 4.78 is 19.7. The van der Waals surface area contributed by atoms with Gasteiger partial charge in [-0.3, -0.25) is 9.59 Å². The number of ether oxygens (including phenoxy) is 2. The van der Waals surface area contributed by atoms with E-state index in [9.17, 15) is 19.8 Å². The van der Waals surface area contributed by atoms with E-state index in [1.807, 2.05) is 84.9 Å². The Morgan fingerprint density at radius 2 is 1.55 bits per heavy atom. The number of ketones is 1. The molecule has 2 bridgehead atoms. The van der Waals surface area contributed by atoms with Crippen LogP contribution in [0.25, 0.3) is 0 Å². The molecule has 0 heterocycles. The number of esters is 1. The van der Waals surface area contributed by atoms with E-state index in [0.717, 1.165) is 5.57 Å². The highest BCUT2D eigenvalue weighted by molar-refractivity contribution is 6.74. The Morgan fingerprint density at radius 3 is 2.11 bits per heavy atom. The number of carbonyl (C=O) groups is 3. The average Bonchev–Trinajstić information content (AvgIpc) is 3.13. The second-order valence-corrected chi connectivity index (χ2v) is 23.8. The van der Waals surface area contributed by atoms with Crippen molar-refractivity contribution in [1.82, 2.24) is 5.32 Å². The molecule has 5 rings (SSSR count). The molecule has 0 radical (unpaired) electrons. The molecule has 0 aliphatic heterocycles. The summed E-state index contributed by atoms with van der Waals surface area (Å²) in [6.45, 7) is 26.5. The Labute approximate surface area is 336 Å². The van der Waals surface area contributed by atoms with Crippen LogP contribution < -0.4 is 5.32 Å². The van der Waals surface area contributed by atoms with Crippen molar-refractivity contribution in [3.05, 3.63) is 82.9 Å². The van der Waals surface area contributed by atoms with Gasteiger partial charge in [-0.1, -0.05) is 104 Å². The summed E-state index contributed by atoms with van der Waals surface area (Å²) >= 11 is 0. The third-order valence-corrected chi connectivity index (χ3v) is 19.1. The van der Waals surface area contributed by atoms with Crippen LogP contribution in [0, 0.1) is 34.5 Å². The maximum atomic E-state index is 15.1. The van der Waals surface area contributed by atoms with Gasteiger partial charge in [0.05, 0.1) is 29.3 Å². The number of Topliss-reactive ketones (excluding diaryl/α,β-unsaturated/α-hetero) is 1. The Balaban J connectivity index is 1.63. The largest absolute Gasteiger partial charge is 0.456 e. The van der Waals surface area contributed by atoms with Gasteiger partial charge in [-0.15, -0.1) is 0 Å². The molecular formula is C46H67NO8Si. The van der Waals surface area contributed by atoms with Crippen LogP contribution in [0.2, 0.25) is 18.1 Å². The number of benzene rings is 2. The standard InChI is InChI=1S/C46H67NO8Si/c1-14-53-33-25-35(48)45(11)37(27(33)2)30(5)46(52)26-34(28(3)36(44(46,9)10)29(4)40(45)49)54-42(51)39(55-56(12,13)43(6,7)8)38(31-21-17-15-18-22-31)47-41(50)32-23-19-16-20-24-32/h15-24,27,29-30,33-35,37-39,48,52H,14,25-26H2,1-13H3,(H,47,50)/t27-,29+,30-,33+,34-,35-,37-,38-,39+,45+,46+/m0/s1. The predicted octanol–water partition coefficient (Wildman–Crippen LogP) is 8.22. The lowest BCUT2D eigenvalue weighted by atomic mass is 9.43. The minimum Gasteiger partial charge on any atom is -0.456 e. The second kappa shape index (κ2) is 15.9. The van der Waals surface area contributed by atoms with Crippen molar-refractivity contribution >= 4 is 26.0 Å². The van der Waals surface area contributed by atoms with Gasteiger partial charge in [-0.25, -0.2) is 4.79 Å². The van der Waals surface area contributed by atoms with Crippen LogP contribution in [0.3, 0.4) is 0 Å². The van der Waals surface area contributed by atoms with Crippen molar-refractivity contribution in [2.45, 2.75) is 143 Å². The van der Waals surface area contributed by atoms with Crippen molar-refractivity contribution in [2.24, 2.45) is 34.5 Å². The second-order valence-electron chi connectivity index (χ2n) is 19.1. The third-order valence-electron chi connectivity index (χ3n) is 14.7. The number of fused-ring (bicyclic) bond motifs is 3. The summed E-state index contributed by atoms with van der Waals surface area (Å²) in [4.78, 5) is 43.8. The van der Waals surface area contributed by atoms with Crippen molar-refractivity contribution in [1.29, 1.82) is 0 Å². The summed E-state index contributed by atoms with van der Waals surface area (Å²) in [6, 6.07) is 17.3. The highest BCUT2D eigenvalue weighted by Crippen LogP contribution is 2.63. The molecule has 56 heavy (non-hydrogen) atoms. The first-order valence-electron chi connectivity index (χ1n) is 20.5. The van der Waals surface area contributed by atoms with Gasteiger partial charge in [-0.05, 0) is 85.5 Å². The van der Waals surface area contributed by atoms with Gasteiger partial charge in [-0.2, -0.15) is 0 Å². The lowest BCUT2D eigenvalue weighted by molar-refractivity contribution is -0.216. The maximum Gasteiger partial charge on any atom is 0.337 e. The molecule has 2 aromatic rings. The zero-order valence-electron chi connectivity index (χ0n) is 35.9. The van der Waals surface area contributed by atoms with Crippen LogP contribution in [-0.4, -0.2) is 72.8 Å². The SMILES string of the molecule is CCO[C@@H]1C[C@H](O)[C@@]2(C)C(=O)[C@H](C)C3=C(C)[C@@H](OC(=O)[C@H](O[Si](C)(C)C(C)(C)C)[C@@H](NC(=O)c4ccccc4)c4ccccc4)C[C@@](O)([C@@H](C)[C@@H]2[C@H]1C)C3(C)C. The van der Waals surface area contributed by atoms with Gasteiger partial charge in [0.25, 0.3) is 5.91 Å². The van der Waals surface area contributed by atoms with E-state index < -0.39 is 72.8 Å². The number of aliphatic hydroxyl groups is 2. The summed E-state index contributed by atoms with van der Waals surface area (Å²) in [5.74, 6) is -2.85. The summed E-state index contributed by atoms with van der Waals surface area (Å²) in [7, 11) is -2.70. The molecule has 9 nitrogen and oxygen atoms in total. The molecule has 308 valence electrons. The molecule has 11 atom stereocenters. The van der Waals surface area contributed by atoms with E-state index in [1.54, 1.807) is 24.3 Å². The Morgan fingerprint density at radius 1 is 0.982 bits per heavy atom. The van der Waals surface area contributed by atoms with Crippen molar-refractivity contribution < 1.29 is 38.5 Å². The quantitative estimate of drug-likeness (QED) is 0.125.